The number of nitrogens with one attached hydrogen (secondary N) is 1. The van der Waals surface area contributed by atoms with Crippen molar-refractivity contribution < 1.29 is 9.47 Å². The Kier molecular flexibility index (Phi) is 7.01. The Hall–Kier alpha value is -0.120. The summed E-state index contributed by atoms with van der Waals surface area (Å²) in [5.41, 5.74) is 0. The molecule has 1 heterocycles. The van der Waals surface area contributed by atoms with Crippen LogP contribution < -0.4 is 5.32 Å². The van der Waals surface area contributed by atoms with Crippen LogP contribution in [0.2, 0.25) is 0 Å². The van der Waals surface area contributed by atoms with E-state index in [-0.39, 0.29) is 0 Å². The van der Waals surface area contributed by atoms with Crippen LogP contribution in [-0.2, 0) is 9.47 Å². The second-order valence-electron chi connectivity index (χ2n) is 3.90. The molecular weight excluding hydrogens is 178 g/mol. The van der Waals surface area contributed by atoms with E-state index in [2.05, 4.69) is 12.2 Å². The molecule has 14 heavy (non-hydrogen) atoms. The molecule has 0 radical (unpaired) electrons. The maximum absolute atomic E-state index is 5.55. The Balaban J connectivity index is 1.82. The van der Waals surface area contributed by atoms with E-state index in [1.165, 1.54) is 19.4 Å². The third-order valence-corrected chi connectivity index (χ3v) is 2.47. The van der Waals surface area contributed by atoms with Crippen LogP contribution in [0, 0.1) is 5.92 Å². The predicted molar refractivity (Wildman–Crippen MR) is 57.5 cm³/mol. The van der Waals surface area contributed by atoms with Gasteiger partial charge in [-0.05, 0) is 31.7 Å². The Morgan fingerprint density at radius 1 is 1.21 bits per heavy atom. The van der Waals surface area contributed by atoms with Gasteiger partial charge in [-0.1, -0.05) is 6.92 Å². The second kappa shape index (κ2) is 8.21. The first-order valence-electron chi connectivity index (χ1n) is 5.79. The van der Waals surface area contributed by atoms with E-state index in [4.69, 9.17) is 9.47 Å². The largest absolute Gasteiger partial charge is 0.379 e. The smallest absolute Gasteiger partial charge is 0.0700 e. The molecule has 0 aromatic rings. The molecule has 1 N–H and O–H groups in total. The van der Waals surface area contributed by atoms with Gasteiger partial charge in [-0.2, -0.15) is 0 Å². The minimum absolute atomic E-state index is 0.718. The molecule has 0 saturated carbocycles. The first-order valence-corrected chi connectivity index (χ1v) is 5.79. The van der Waals surface area contributed by atoms with E-state index in [1.807, 2.05) is 0 Å². The molecule has 0 aliphatic carbocycles. The second-order valence-corrected chi connectivity index (χ2v) is 3.90. The minimum atomic E-state index is 0.718. The lowest BCUT2D eigenvalue weighted by atomic mass is 10.0. The molecule has 0 bridgehead atoms. The number of piperidine rings is 1. The predicted octanol–water partition coefficient (Wildman–Crippen LogP) is 1.43. The van der Waals surface area contributed by atoms with E-state index < -0.39 is 0 Å². The van der Waals surface area contributed by atoms with E-state index in [0.717, 1.165) is 45.3 Å². The van der Waals surface area contributed by atoms with E-state index in [0.29, 0.717) is 0 Å². The van der Waals surface area contributed by atoms with Gasteiger partial charge in [0.1, 0.15) is 0 Å². The monoisotopic (exact) mass is 201 g/mol. The highest BCUT2D eigenvalue weighted by Gasteiger charge is 2.12. The molecule has 1 unspecified atom stereocenters. The lowest BCUT2D eigenvalue weighted by Gasteiger charge is -2.22. The van der Waals surface area contributed by atoms with Gasteiger partial charge in [-0.15, -0.1) is 0 Å². The SMILES string of the molecule is CCCOCCOCC1CCCNC1. The molecule has 0 amide bonds. The van der Waals surface area contributed by atoms with Crippen molar-refractivity contribution in [2.45, 2.75) is 26.2 Å². The van der Waals surface area contributed by atoms with Gasteiger partial charge < -0.3 is 14.8 Å². The molecule has 0 aromatic carbocycles. The molecule has 84 valence electrons. The van der Waals surface area contributed by atoms with E-state index in [9.17, 15) is 0 Å². The number of hydrogen-bond donors (Lipinski definition) is 1. The zero-order chi connectivity index (χ0) is 10.1. The van der Waals surface area contributed by atoms with Crippen molar-refractivity contribution in [3.05, 3.63) is 0 Å². The van der Waals surface area contributed by atoms with Gasteiger partial charge in [0, 0.05) is 13.2 Å². The van der Waals surface area contributed by atoms with Crippen molar-refractivity contribution in [1.82, 2.24) is 5.32 Å². The number of rotatable bonds is 7. The fraction of sp³-hybridized carbons (Fsp3) is 1.00. The lowest BCUT2D eigenvalue weighted by Crippen LogP contribution is -2.32. The van der Waals surface area contributed by atoms with Crippen molar-refractivity contribution in [3.8, 4) is 0 Å². The van der Waals surface area contributed by atoms with Gasteiger partial charge in [0.2, 0.25) is 0 Å². The van der Waals surface area contributed by atoms with Crippen molar-refractivity contribution in [2.24, 2.45) is 5.92 Å². The quantitative estimate of drug-likeness (QED) is 0.632. The van der Waals surface area contributed by atoms with Crippen LogP contribution in [0.15, 0.2) is 0 Å². The molecule has 0 aromatic heterocycles. The molecule has 1 fully saturated rings. The minimum Gasteiger partial charge on any atom is -0.379 e. The summed E-state index contributed by atoms with van der Waals surface area (Å²) in [4.78, 5) is 0. The zero-order valence-corrected chi connectivity index (χ0v) is 9.26. The highest BCUT2D eigenvalue weighted by Crippen LogP contribution is 2.09. The molecule has 1 atom stereocenters. The topological polar surface area (TPSA) is 30.5 Å². The average Bonchev–Trinajstić information content (AvgIpc) is 2.25. The fourth-order valence-electron chi connectivity index (χ4n) is 1.68. The summed E-state index contributed by atoms with van der Waals surface area (Å²) in [6, 6.07) is 0. The summed E-state index contributed by atoms with van der Waals surface area (Å²) in [5.74, 6) is 0.718. The van der Waals surface area contributed by atoms with Gasteiger partial charge in [0.15, 0.2) is 0 Å². The molecule has 3 heteroatoms. The summed E-state index contributed by atoms with van der Waals surface area (Å²) >= 11 is 0. The Morgan fingerprint density at radius 3 is 2.79 bits per heavy atom. The maximum atomic E-state index is 5.55. The lowest BCUT2D eigenvalue weighted by molar-refractivity contribution is 0.0301. The van der Waals surface area contributed by atoms with Gasteiger partial charge in [-0.25, -0.2) is 0 Å². The fourth-order valence-corrected chi connectivity index (χ4v) is 1.68. The highest BCUT2D eigenvalue weighted by molar-refractivity contribution is 4.67. The third-order valence-electron chi connectivity index (χ3n) is 2.47. The normalized spacial score (nSPS) is 22.5. The molecule has 1 saturated heterocycles. The van der Waals surface area contributed by atoms with Crippen molar-refractivity contribution >= 4 is 0 Å². The Bertz CT molecular complexity index is 124. The summed E-state index contributed by atoms with van der Waals surface area (Å²) in [7, 11) is 0. The van der Waals surface area contributed by atoms with Gasteiger partial charge in [0.05, 0.1) is 19.8 Å². The van der Waals surface area contributed by atoms with Crippen LogP contribution >= 0.6 is 0 Å². The summed E-state index contributed by atoms with van der Waals surface area (Å²) in [6.45, 7) is 7.65. The van der Waals surface area contributed by atoms with Crippen LogP contribution in [0.3, 0.4) is 0 Å². The van der Waals surface area contributed by atoms with Crippen molar-refractivity contribution in [3.63, 3.8) is 0 Å². The zero-order valence-electron chi connectivity index (χ0n) is 9.26. The molecule has 3 nitrogen and oxygen atoms in total. The first-order chi connectivity index (χ1) is 6.93. The van der Waals surface area contributed by atoms with Gasteiger partial charge in [0.25, 0.3) is 0 Å². The maximum Gasteiger partial charge on any atom is 0.0700 e. The standard InChI is InChI=1S/C11H23NO2/c1-2-6-13-7-8-14-10-11-4-3-5-12-9-11/h11-12H,2-10H2,1H3. The summed E-state index contributed by atoms with van der Waals surface area (Å²) in [6.07, 6.45) is 3.69. The van der Waals surface area contributed by atoms with Crippen LogP contribution in [-0.4, -0.2) is 39.5 Å². The third kappa shape index (κ3) is 5.58. The highest BCUT2D eigenvalue weighted by atomic mass is 16.5. The molecule has 0 spiro atoms. The van der Waals surface area contributed by atoms with E-state index >= 15 is 0 Å². The average molecular weight is 201 g/mol. The van der Waals surface area contributed by atoms with Crippen LogP contribution in [0.25, 0.3) is 0 Å². The summed E-state index contributed by atoms with van der Waals surface area (Å²) < 4.78 is 10.9. The first kappa shape index (κ1) is 12.0. The Morgan fingerprint density at radius 2 is 2.07 bits per heavy atom. The number of hydrogen-bond acceptors (Lipinski definition) is 3. The van der Waals surface area contributed by atoms with Crippen LogP contribution in [0.4, 0.5) is 0 Å². The van der Waals surface area contributed by atoms with Crippen molar-refractivity contribution in [2.75, 3.05) is 39.5 Å². The van der Waals surface area contributed by atoms with Gasteiger partial charge in [-0.3, -0.25) is 0 Å². The Labute approximate surface area is 87.2 Å². The summed E-state index contributed by atoms with van der Waals surface area (Å²) in [5, 5.41) is 3.38. The molecular formula is C11H23NO2. The van der Waals surface area contributed by atoms with Crippen LogP contribution in [0.1, 0.15) is 26.2 Å². The van der Waals surface area contributed by atoms with E-state index in [1.54, 1.807) is 0 Å². The van der Waals surface area contributed by atoms with Gasteiger partial charge >= 0.3 is 0 Å². The molecule has 1 rings (SSSR count). The van der Waals surface area contributed by atoms with Crippen LogP contribution in [0.5, 0.6) is 0 Å². The van der Waals surface area contributed by atoms with Crippen molar-refractivity contribution in [1.29, 1.82) is 0 Å². The molecule has 1 aliphatic heterocycles. The molecule has 1 aliphatic rings. The number of ether oxygens (including phenoxy) is 2.